The third-order valence-electron chi connectivity index (χ3n) is 5.09. The predicted molar refractivity (Wildman–Crippen MR) is 112 cm³/mol. The molecule has 0 spiro atoms. The molecule has 1 aromatic carbocycles. The van der Waals surface area contributed by atoms with Gasteiger partial charge in [0.25, 0.3) is 5.91 Å². The molecule has 1 amide bonds. The van der Waals surface area contributed by atoms with E-state index in [0.717, 1.165) is 18.2 Å². The van der Waals surface area contributed by atoms with Gasteiger partial charge in [0.05, 0.1) is 29.2 Å². The summed E-state index contributed by atoms with van der Waals surface area (Å²) in [4.78, 5) is 16.7. The van der Waals surface area contributed by atoms with E-state index < -0.39 is 40.9 Å². The number of benzene rings is 1. The highest BCUT2D eigenvalue weighted by Gasteiger charge is 2.60. The van der Waals surface area contributed by atoms with E-state index in [0.29, 0.717) is 18.3 Å². The largest absolute Gasteiger partial charge is 0.459 e. The average molecular weight is 517 g/mol. The third-order valence-corrected chi connectivity index (χ3v) is 5.41. The van der Waals surface area contributed by atoms with Gasteiger partial charge in [0.2, 0.25) is 0 Å². The molecule has 0 atom stereocenters. The van der Waals surface area contributed by atoms with Crippen molar-refractivity contribution in [3.05, 3.63) is 70.5 Å². The zero-order valence-electron chi connectivity index (χ0n) is 17.7. The summed E-state index contributed by atoms with van der Waals surface area (Å²) in [6.07, 6.45) is -4.57. The van der Waals surface area contributed by atoms with E-state index in [1.807, 2.05) is 0 Å². The lowest BCUT2D eigenvalue weighted by Crippen LogP contribution is -2.36. The van der Waals surface area contributed by atoms with E-state index in [4.69, 9.17) is 11.6 Å². The van der Waals surface area contributed by atoms with Crippen molar-refractivity contribution in [2.24, 2.45) is 0 Å². The zero-order valence-corrected chi connectivity index (χ0v) is 18.5. The van der Waals surface area contributed by atoms with Gasteiger partial charge in [0.1, 0.15) is 11.5 Å². The fraction of sp³-hybridized carbons (Fsp3) is 0.238. The van der Waals surface area contributed by atoms with Gasteiger partial charge >= 0.3 is 12.1 Å². The van der Waals surface area contributed by atoms with E-state index in [1.165, 1.54) is 23.0 Å². The molecule has 4 aromatic rings. The summed E-state index contributed by atoms with van der Waals surface area (Å²) in [5, 5.41) is 10.4. The Morgan fingerprint density at radius 1 is 1.11 bits per heavy atom. The molecular formula is C21H15ClF6N6O. The number of nitrogens with zero attached hydrogens (tertiary/aromatic N) is 5. The van der Waals surface area contributed by atoms with Crippen molar-refractivity contribution >= 4 is 23.2 Å². The first-order valence-electron chi connectivity index (χ1n) is 10.0. The van der Waals surface area contributed by atoms with Gasteiger partial charge in [-0.15, -0.1) is 0 Å². The van der Waals surface area contributed by atoms with Gasteiger partial charge < -0.3 is 5.32 Å². The van der Waals surface area contributed by atoms with Crippen LogP contribution in [-0.4, -0.2) is 36.5 Å². The first-order valence-corrected chi connectivity index (χ1v) is 10.4. The quantitative estimate of drug-likeness (QED) is 0.366. The van der Waals surface area contributed by atoms with E-state index >= 15 is 0 Å². The number of fused-ring (bicyclic) bond motifs is 1. The van der Waals surface area contributed by atoms with Crippen LogP contribution >= 0.6 is 11.6 Å². The maximum absolute atomic E-state index is 14.4. The molecule has 35 heavy (non-hydrogen) atoms. The lowest BCUT2D eigenvalue weighted by molar-refractivity contribution is -0.291. The summed E-state index contributed by atoms with van der Waals surface area (Å²) in [6.45, 7) is 2.15. The van der Waals surface area contributed by atoms with Gasteiger partial charge in [-0.05, 0) is 37.3 Å². The minimum absolute atomic E-state index is 0.0859. The molecule has 14 heteroatoms. The number of hydrogen-bond donors (Lipinski definition) is 1. The minimum atomic E-state index is -5.95. The van der Waals surface area contributed by atoms with Crippen LogP contribution in [0.1, 0.15) is 28.8 Å². The first-order chi connectivity index (χ1) is 16.4. The second-order valence-electron chi connectivity index (χ2n) is 7.34. The first kappa shape index (κ1) is 24.5. The number of nitrogens with one attached hydrogen (secondary N) is 1. The Labute approximate surface area is 198 Å². The van der Waals surface area contributed by atoms with Gasteiger partial charge in [-0.2, -0.15) is 32.1 Å². The van der Waals surface area contributed by atoms with Crippen LogP contribution in [0.5, 0.6) is 0 Å². The Bertz CT molecular complexity index is 1400. The highest BCUT2D eigenvalue weighted by Crippen LogP contribution is 2.44. The molecule has 0 aliphatic rings. The smallest absolute Gasteiger partial charge is 0.345 e. The molecule has 0 saturated heterocycles. The molecular weight excluding hydrogens is 502 g/mol. The summed E-state index contributed by atoms with van der Waals surface area (Å²) >= 11 is 6.04. The molecule has 0 bridgehead atoms. The van der Waals surface area contributed by atoms with Gasteiger partial charge in [-0.3, -0.25) is 9.48 Å². The highest BCUT2D eigenvalue weighted by atomic mass is 35.5. The van der Waals surface area contributed by atoms with Crippen LogP contribution < -0.4 is 5.32 Å². The topological polar surface area (TPSA) is 77.1 Å². The molecule has 0 aliphatic heterocycles. The van der Waals surface area contributed by atoms with Crippen molar-refractivity contribution in [1.82, 2.24) is 29.7 Å². The summed E-state index contributed by atoms with van der Waals surface area (Å²) in [7, 11) is 0. The molecule has 0 unspecified atom stereocenters. The molecule has 0 radical (unpaired) electrons. The Morgan fingerprint density at radius 3 is 2.43 bits per heavy atom. The number of carbonyl (C=O) groups excluding carboxylic acids is 1. The van der Waals surface area contributed by atoms with Crippen LogP contribution in [0.3, 0.4) is 0 Å². The van der Waals surface area contributed by atoms with Gasteiger partial charge in [0, 0.05) is 18.2 Å². The molecule has 4 rings (SSSR count). The van der Waals surface area contributed by atoms with Crippen molar-refractivity contribution in [2.75, 3.05) is 0 Å². The maximum Gasteiger partial charge on any atom is 0.459 e. The van der Waals surface area contributed by atoms with Gasteiger partial charge in [-0.1, -0.05) is 11.6 Å². The van der Waals surface area contributed by atoms with Crippen LogP contribution in [0.25, 0.3) is 16.9 Å². The van der Waals surface area contributed by atoms with E-state index in [-0.39, 0.29) is 27.3 Å². The summed E-state index contributed by atoms with van der Waals surface area (Å²) in [6, 6.07) is 5.83. The zero-order chi connectivity index (χ0) is 25.5. The number of rotatable bonds is 6. The van der Waals surface area contributed by atoms with Gasteiger partial charge in [0.15, 0.2) is 11.3 Å². The van der Waals surface area contributed by atoms with Crippen LogP contribution in [-0.2, 0) is 19.0 Å². The lowest BCUT2D eigenvalue weighted by Gasteiger charge is -2.21. The van der Waals surface area contributed by atoms with Crippen molar-refractivity contribution in [3.63, 3.8) is 0 Å². The average Bonchev–Trinajstić information content (AvgIpc) is 3.39. The highest BCUT2D eigenvalue weighted by molar-refractivity contribution is 6.31. The van der Waals surface area contributed by atoms with Gasteiger partial charge in [-0.25, -0.2) is 13.9 Å². The van der Waals surface area contributed by atoms with Crippen molar-refractivity contribution in [3.8, 4) is 11.3 Å². The summed E-state index contributed by atoms with van der Waals surface area (Å²) < 4.78 is 83.6. The normalized spacial score (nSPS) is 12.3. The van der Waals surface area contributed by atoms with Crippen molar-refractivity contribution < 1.29 is 31.1 Å². The fourth-order valence-electron chi connectivity index (χ4n) is 3.31. The second kappa shape index (κ2) is 8.87. The maximum atomic E-state index is 14.4. The number of carbonyl (C=O) groups is 1. The predicted octanol–water partition coefficient (Wildman–Crippen LogP) is 4.99. The molecule has 3 aromatic heterocycles. The molecule has 7 nitrogen and oxygen atoms in total. The van der Waals surface area contributed by atoms with E-state index in [1.54, 1.807) is 6.92 Å². The molecule has 0 fully saturated rings. The Balaban J connectivity index is 1.77. The Hall–Kier alpha value is -3.61. The standard InChI is InChI=1S/C21H15ClF6N6O/c1-2-33-16(13(22)9-30-33)10-29-19(35)15-8-18-31-14(11-3-5-12(23)6-4-11)7-17(34(18)32-15)20(24,25)21(26,27)28/h3-9H,2,10H2,1H3,(H,29,35). The molecule has 0 aliphatic carbocycles. The third kappa shape index (κ3) is 4.55. The van der Waals surface area contributed by atoms with Crippen LogP contribution in [0.2, 0.25) is 5.02 Å². The molecule has 1 N–H and O–H groups in total. The SMILES string of the molecule is CCn1ncc(Cl)c1CNC(=O)c1cc2nc(-c3ccc(F)cc3)cc(C(F)(F)C(F)(F)F)n2n1. The Morgan fingerprint density at radius 2 is 1.80 bits per heavy atom. The van der Waals surface area contributed by atoms with Crippen molar-refractivity contribution in [1.29, 1.82) is 0 Å². The number of hydrogen-bond acceptors (Lipinski definition) is 4. The van der Waals surface area contributed by atoms with E-state index in [9.17, 15) is 31.1 Å². The van der Waals surface area contributed by atoms with Crippen LogP contribution in [0.15, 0.2) is 42.6 Å². The molecule has 3 heterocycles. The summed E-state index contributed by atoms with van der Waals surface area (Å²) in [5.41, 5.74) is -2.18. The minimum Gasteiger partial charge on any atom is -0.345 e. The molecule has 0 saturated carbocycles. The number of halogens is 7. The number of alkyl halides is 5. The van der Waals surface area contributed by atoms with Crippen LogP contribution in [0, 0.1) is 5.82 Å². The fourth-order valence-corrected chi connectivity index (χ4v) is 3.52. The lowest BCUT2D eigenvalue weighted by atomic mass is 10.1. The van der Waals surface area contributed by atoms with Crippen LogP contribution in [0.4, 0.5) is 26.3 Å². The molecule has 184 valence electrons. The number of amides is 1. The Kier molecular flexibility index (Phi) is 6.21. The number of aromatic nitrogens is 5. The van der Waals surface area contributed by atoms with E-state index in [2.05, 4.69) is 20.5 Å². The second-order valence-corrected chi connectivity index (χ2v) is 7.75. The number of aryl methyl sites for hydroxylation is 1. The summed E-state index contributed by atoms with van der Waals surface area (Å²) in [5.74, 6) is -6.83. The van der Waals surface area contributed by atoms with Crippen molar-refractivity contribution in [2.45, 2.75) is 32.1 Å². The monoisotopic (exact) mass is 516 g/mol.